The SMILES string of the molecule is Cc1nc(C(C)NC(C)c2cc3ccccc3o2)cs1. The first-order chi connectivity index (χ1) is 9.63. The van der Waals surface area contributed by atoms with Gasteiger partial charge in [0, 0.05) is 16.8 Å². The summed E-state index contributed by atoms with van der Waals surface area (Å²) in [5.74, 6) is 0.963. The van der Waals surface area contributed by atoms with Crippen LogP contribution in [0.3, 0.4) is 0 Å². The Balaban J connectivity index is 1.76. The van der Waals surface area contributed by atoms with E-state index in [1.165, 1.54) is 0 Å². The summed E-state index contributed by atoms with van der Waals surface area (Å²) in [7, 11) is 0. The Morgan fingerprint density at radius 2 is 2.00 bits per heavy atom. The van der Waals surface area contributed by atoms with Crippen molar-refractivity contribution >= 4 is 22.3 Å². The number of nitrogens with one attached hydrogen (secondary N) is 1. The van der Waals surface area contributed by atoms with Crippen molar-refractivity contribution in [2.75, 3.05) is 0 Å². The van der Waals surface area contributed by atoms with Crippen molar-refractivity contribution in [1.29, 1.82) is 0 Å². The normalized spacial score (nSPS) is 14.6. The van der Waals surface area contributed by atoms with Gasteiger partial charge in [-0.25, -0.2) is 4.98 Å². The van der Waals surface area contributed by atoms with E-state index in [0.29, 0.717) is 0 Å². The Morgan fingerprint density at radius 1 is 1.20 bits per heavy atom. The summed E-state index contributed by atoms with van der Waals surface area (Å²) in [5, 5.41) is 7.90. The minimum atomic E-state index is 0.152. The Kier molecular flexibility index (Phi) is 3.59. The van der Waals surface area contributed by atoms with E-state index in [2.05, 4.69) is 41.7 Å². The summed E-state index contributed by atoms with van der Waals surface area (Å²) in [6, 6.07) is 10.6. The third kappa shape index (κ3) is 2.62. The van der Waals surface area contributed by atoms with E-state index >= 15 is 0 Å². The maximum Gasteiger partial charge on any atom is 0.134 e. The number of thiazole rings is 1. The molecule has 0 saturated heterocycles. The quantitative estimate of drug-likeness (QED) is 0.761. The first kappa shape index (κ1) is 13.3. The standard InChI is InChI=1S/C16H18N2OS/c1-10(14-9-20-12(3)18-14)17-11(2)16-8-13-6-4-5-7-15(13)19-16/h4-11,17H,1-3H3. The number of nitrogens with zero attached hydrogens (tertiary/aromatic N) is 1. The van der Waals surface area contributed by atoms with Crippen LogP contribution in [0.25, 0.3) is 11.0 Å². The molecule has 2 aromatic heterocycles. The van der Waals surface area contributed by atoms with Gasteiger partial charge < -0.3 is 4.42 Å². The minimum absolute atomic E-state index is 0.152. The number of hydrogen-bond acceptors (Lipinski definition) is 4. The van der Waals surface area contributed by atoms with E-state index in [1.807, 2.05) is 25.1 Å². The second-order valence-corrected chi connectivity index (χ2v) is 6.15. The zero-order valence-electron chi connectivity index (χ0n) is 11.9. The van der Waals surface area contributed by atoms with Gasteiger partial charge in [-0.3, -0.25) is 5.32 Å². The number of hydrogen-bond donors (Lipinski definition) is 1. The number of aromatic nitrogens is 1. The molecule has 4 heteroatoms. The van der Waals surface area contributed by atoms with Crippen LogP contribution in [-0.2, 0) is 0 Å². The highest BCUT2D eigenvalue weighted by atomic mass is 32.1. The minimum Gasteiger partial charge on any atom is -0.459 e. The van der Waals surface area contributed by atoms with E-state index in [1.54, 1.807) is 11.3 Å². The van der Waals surface area contributed by atoms with Crippen LogP contribution in [0, 0.1) is 6.92 Å². The van der Waals surface area contributed by atoms with Gasteiger partial charge in [0.25, 0.3) is 0 Å². The molecule has 20 heavy (non-hydrogen) atoms. The molecule has 0 radical (unpaired) electrons. The lowest BCUT2D eigenvalue weighted by Crippen LogP contribution is -2.22. The molecule has 0 fully saturated rings. The number of benzene rings is 1. The third-order valence-electron chi connectivity index (χ3n) is 3.45. The Labute approximate surface area is 122 Å². The van der Waals surface area contributed by atoms with Crippen LogP contribution in [0.15, 0.2) is 40.1 Å². The van der Waals surface area contributed by atoms with Crippen LogP contribution in [-0.4, -0.2) is 4.98 Å². The predicted molar refractivity (Wildman–Crippen MR) is 83.0 cm³/mol. The summed E-state index contributed by atoms with van der Waals surface area (Å²) in [5.41, 5.74) is 2.03. The third-order valence-corrected chi connectivity index (χ3v) is 4.24. The highest BCUT2D eigenvalue weighted by Crippen LogP contribution is 2.26. The number of fused-ring (bicyclic) bond motifs is 1. The van der Waals surface area contributed by atoms with Crippen molar-refractivity contribution in [2.45, 2.75) is 32.9 Å². The van der Waals surface area contributed by atoms with Crippen LogP contribution in [0.4, 0.5) is 0 Å². The van der Waals surface area contributed by atoms with Gasteiger partial charge in [-0.2, -0.15) is 0 Å². The molecule has 1 aromatic carbocycles. The summed E-state index contributed by atoms with van der Waals surface area (Å²) in [4.78, 5) is 4.53. The maximum atomic E-state index is 5.89. The molecule has 0 spiro atoms. The van der Waals surface area contributed by atoms with Gasteiger partial charge in [0.2, 0.25) is 0 Å². The van der Waals surface area contributed by atoms with Crippen LogP contribution in [0.5, 0.6) is 0 Å². The fourth-order valence-electron chi connectivity index (χ4n) is 2.34. The zero-order valence-corrected chi connectivity index (χ0v) is 12.7. The number of aryl methyl sites for hydroxylation is 1. The van der Waals surface area contributed by atoms with Crippen molar-refractivity contribution < 1.29 is 4.42 Å². The fraction of sp³-hybridized carbons (Fsp3) is 0.312. The Morgan fingerprint density at radius 3 is 2.70 bits per heavy atom. The van der Waals surface area contributed by atoms with Crippen LogP contribution >= 0.6 is 11.3 Å². The summed E-state index contributed by atoms with van der Waals surface area (Å²) < 4.78 is 5.89. The average molecular weight is 286 g/mol. The van der Waals surface area contributed by atoms with E-state index < -0.39 is 0 Å². The van der Waals surface area contributed by atoms with E-state index in [0.717, 1.165) is 27.4 Å². The van der Waals surface area contributed by atoms with Gasteiger partial charge in [-0.1, -0.05) is 18.2 Å². The fourth-order valence-corrected chi connectivity index (χ4v) is 3.04. The molecular formula is C16H18N2OS. The highest BCUT2D eigenvalue weighted by Gasteiger charge is 2.16. The predicted octanol–water partition coefficient (Wildman–Crippen LogP) is 4.61. The lowest BCUT2D eigenvalue weighted by molar-refractivity contribution is 0.414. The summed E-state index contributed by atoms with van der Waals surface area (Å²) in [6.45, 7) is 6.28. The molecular weight excluding hydrogens is 268 g/mol. The van der Waals surface area contributed by atoms with Crippen LogP contribution < -0.4 is 5.32 Å². The smallest absolute Gasteiger partial charge is 0.134 e. The number of furan rings is 1. The molecule has 2 heterocycles. The Bertz CT molecular complexity index is 683. The number of para-hydroxylation sites is 1. The summed E-state index contributed by atoms with van der Waals surface area (Å²) in [6.07, 6.45) is 0. The topological polar surface area (TPSA) is 38.1 Å². The van der Waals surface area contributed by atoms with Crippen molar-refractivity contribution in [1.82, 2.24) is 10.3 Å². The molecule has 0 aliphatic carbocycles. The van der Waals surface area contributed by atoms with E-state index in [4.69, 9.17) is 4.42 Å². The molecule has 104 valence electrons. The molecule has 2 unspecified atom stereocenters. The molecule has 0 aliphatic rings. The molecule has 0 saturated carbocycles. The van der Waals surface area contributed by atoms with Crippen molar-refractivity contribution in [3.05, 3.63) is 52.2 Å². The second-order valence-electron chi connectivity index (χ2n) is 5.09. The Hall–Kier alpha value is -1.65. The molecule has 2 atom stereocenters. The monoisotopic (exact) mass is 286 g/mol. The van der Waals surface area contributed by atoms with Gasteiger partial charge in [-0.15, -0.1) is 11.3 Å². The van der Waals surface area contributed by atoms with Crippen molar-refractivity contribution in [2.24, 2.45) is 0 Å². The van der Waals surface area contributed by atoms with Gasteiger partial charge in [0.1, 0.15) is 11.3 Å². The van der Waals surface area contributed by atoms with Gasteiger partial charge >= 0.3 is 0 Å². The summed E-state index contributed by atoms with van der Waals surface area (Å²) >= 11 is 1.68. The van der Waals surface area contributed by atoms with Crippen molar-refractivity contribution in [3.63, 3.8) is 0 Å². The van der Waals surface area contributed by atoms with Crippen LogP contribution in [0.2, 0.25) is 0 Å². The molecule has 0 bridgehead atoms. The van der Waals surface area contributed by atoms with E-state index in [-0.39, 0.29) is 12.1 Å². The first-order valence-electron chi connectivity index (χ1n) is 6.80. The van der Waals surface area contributed by atoms with Crippen LogP contribution in [0.1, 0.15) is 42.4 Å². The largest absolute Gasteiger partial charge is 0.459 e. The molecule has 3 aromatic rings. The molecule has 3 rings (SSSR count). The van der Waals surface area contributed by atoms with Gasteiger partial charge in [0.15, 0.2) is 0 Å². The molecule has 0 aliphatic heterocycles. The molecule has 1 N–H and O–H groups in total. The average Bonchev–Trinajstić information content (AvgIpc) is 3.04. The first-order valence-corrected chi connectivity index (χ1v) is 7.68. The molecule has 3 nitrogen and oxygen atoms in total. The van der Waals surface area contributed by atoms with Gasteiger partial charge in [0.05, 0.1) is 16.7 Å². The van der Waals surface area contributed by atoms with Crippen molar-refractivity contribution in [3.8, 4) is 0 Å². The second kappa shape index (κ2) is 5.38. The molecule has 0 amide bonds. The maximum absolute atomic E-state index is 5.89. The lowest BCUT2D eigenvalue weighted by Gasteiger charge is -2.16. The van der Waals surface area contributed by atoms with E-state index in [9.17, 15) is 0 Å². The van der Waals surface area contributed by atoms with Gasteiger partial charge in [-0.05, 0) is 32.9 Å². The zero-order chi connectivity index (χ0) is 14.1. The number of rotatable bonds is 4. The lowest BCUT2D eigenvalue weighted by atomic mass is 10.2. The highest BCUT2D eigenvalue weighted by molar-refractivity contribution is 7.09.